The smallest absolute Gasteiger partial charge is 0.117 e. The summed E-state index contributed by atoms with van der Waals surface area (Å²) in [7, 11) is 0. The SMILES string of the molecule is Nc1cc(O)ccc1CCc1ccc(O)cc1. The van der Waals surface area contributed by atoms with E-state index in [4.69, 9.17) is 10.8 Å². The maximum atomic E-state index is 9.25. The molecule has 3 heteroatoms. The first-order valence-corrected chi connectivity index (χ1v) is 5.50. The maximum absolute atomic E-state index is 9.25. The molecule has 3 nitrogen and oxygen atoms in total. The molecule has 2 aromatic rings. The fourth-order valence-corrected chi connectivity index (χ4v) is 1.75. The van der Waals surface area contributed by atoms with Gasteiger partial charge in [0.2, 0.25) is 0 Å². The van der Waals surface area contributed by atoms with Gasteiger partial charge >= 0.3 is 0 Å². The molecule has 2 aromatic carbocycles. The van der Waals surface area contributed by atoms with Crippen molar-refractivity contribution in [1.82, 2.24) is 0 Å². The Kier molecular flexibility index (Phi) is 3.19. The zero-order valence-electron chi connectivity index (χ0n) is 9.43. The van der Waals surface area contributed by atoms with Crippen molar-refractivity contribution in [3.63, 3.8) is 0 Å². The lowest BCUT2D eigenvalue weighted by Crippen LogP contribution is -1.96. The molecule has 0 heterocycles. The lowest BCUT2D eigenvalue weighted by atomic mass is 10.0. The van der Waals surface area contributed by atoms with Crippen LogP contribution in [0.15, 0.2) is 42.5 Å². The molecule has 0 bridgehead atoms. The summed E-state index contributed by atoms with van der Waals surface area (Å²) < 4.78 is 0. The van der Waals surface area contributed by atoms with Crippen LogP contribution in [0.5, 0.6) is 11.5 Å². The van der Waals surface area contributed by atoms with E-state index >= 15 is 0 Å². The molecule has 0 saturated carbocycles. The Hall–Kier alpha value is -2.16. The number of rotatable bonds is 3. The molecule has 0 fully saturated rings. The van der Waals surface area contributed by atoms with E-state index in [2.05, 4.69) is 0 Å². The number of nitrogen functional groups attached to an aromatic ring is 1. The van der Waals surface area contributed by atoms with Crippen LogP contribution >= 0.6 is 0 Å². The predicted molar refractivity (Wildman–Crippen MR) is 68.0 cm³/mol. The largest absolute Gasteiger partial charge is 0.508 e. The Morgan fingerprint density at radius 2 is 1.47 bits per heavy atom. The van der Waals surface area contributed by atoms with Gasteiger partial charge in [-0.25, -0.2) is 0 Å². The average Bonchev–Trinajstić information content (AvgIpc) is 2.30. The van der Waals surface area contributed by atoms with Crippen molar-refractivity contribution >= 4 is 5.69 Å². The standard InChI is InChI=1S/C14H15NO2/c15-14-9-13(17)8-5-11(14)4-1-10-2-6-12(16)7-3-10/h2-3,5-9,16-17H,1,4,15H2. The molecule has 0 saturated heterocycles. The Bertz CT molecular complexity index is 506. The highest BCUT2D eigenvalue weighted by molar-refractivity contribution is 5.51. The Labute approximate surface area is 100 Å². The van der Waals surface area contributed by atoms with Crippen LogP contribution in [0.2, 0.25) is 0 Å². The molecule has 0 aliphatic heterocycles. The van der Waals surface area contributed by atoms with Gasteiger partial charge in [-0.1, -0.05) is 18.2 Å². The van der Waals surface area contributed by atoms with Crippen LogP contribution in [0, 0.1) is 0 Å². The predicted octanol–water partition coefficient (Wildman–Crippen LogP) is 2.47. The summed E-state index contributed by atoms with van der Waals surface area (Å²) in [5.41, 5.74) is 8.60. The third kappa shape index (κ3) is 2.91. The summed E-state index contributed by atoms with van der Waals surface area (Å²) in [5.74, 6) is 0.466. The highest BCUT2D eigenvalue weighted by Crippen LogP contribution is 2.20. The number of nitrogens with two attached hydrogens (primary N) is 1. The van der Waals surface area contributed by atoms with Crippen molar-refractivity contribution in [3.8, 4) is 11.5 Å². The van der Waals surface area contributed by atoms with Crippen molar-refractivity contribution in [3.05, 3.63) is 53.6 Å². The van der Waals surface area contributed by atoms with Crippen molar-refractivity contribution in [1.29, 1.82) is 0 Å². The Morgan fingerprint density at radius 3 is 2.12 bits per heavy atom. The summed E-state index contributed by atoms with van der Waals surface area (Å²) in [6.07, 6.45) is 1.67. The number of phenolic OH excluding ortho intramolecular Hbond substituents is 2. The van der Waals surface area contributed by atoms with Crippen molar-refractivity contribution in [2.75, 3.05) is 5.73 Å². The molecule has 0 atom stereocenters. The van der Waals surface area contributed by atoms with E-state index in [9.17, 15) is 5.11 Å². The van der Waals surface area contributed by atoms with Gasteiger partial charge in [0, 0.05) is 11.8 Å². The number of anilines is 1. The summed E-state index contributed by atoms with van der Waals surface area (Å²) in [5, 5.41) is 18.4. The first-order valence-electron chi connectivity index (χ1n) is 5.50. The van der Waals surface area contributed by atoms with E-state index in [1.807, 2.05) is 18.2 Å². The van der Waals surface area contributed by atoms with Gasteiger partial charge < -0.3 is 15.9 Å². The summed E-state index contributed by atoms with van der Waals surface area (Å²) in [6.45, 7) is 0. The topological polar surface area (TPSA) is 66.5 Å². The zero-order chi connectivity index (χ0) is 12.3. The van der Waals surface area contributed by atoms with Crippen molar-refractivity contribution in [2.24, 2.45) is 0 Å². The lowest BCUT2D eigenvalue weighted by Gasteiger charge is -2.06. The number of aromatic hydroxyl groups is 2. The third-order valence-electron chi connectivity index (χ3n) is 2.75. The maximum Gasteiger partial charge on any atom is 0.117 e. The Balaban J connectivity index is 2.04. The Morgan fingerprint density at radius 1 is 0.824 bits per heavy atom. The van der Waals surface area contributed by atoms with Crippen LogP contribution in [0.3, 0.4) is 0 Å². The average molecular weight is 229 g/mol. The molecule has 88 valence electrons. The molecule has 0 amide bonds. The molecule has 0 aromatic heterocycles. The van der Waals surface area contributed by atoms with Crippen molar-refractivity contribution < 1.29 is 10.2 Å². The molecule has 0 aliphatic carbocycles. The molecule has 2 rings (SSSR count). The second kappa shape index (κ2) is 4.78. The van der Waals surface area contributed by atoms with E-state index < -0.39 is 0 Å². The van der Waals surface area contributed by atoms with Crippen LogP contribution in [0.4, 0.5) is 5.69 Å². The van der Waals surface area contributed by atoms with Crippen LogP contribution in [0.25, 0.3) is 0 Å². The normalized spacial score (nSPS) is 10.4. The fraction of sp³-hybridized carbons (Fsp3) is 0.143. The minimum Gasteiger partial charge on any atom is -0.508 e. The highest BCUT2D eigenvalue weighted by Gasteiger charge is 2.01. The quantitative estimate of drug-likeness (QED) is 0.708. The van der Waals surface area contributed by atoms with Crippen molar-refractivity contribution in [2.45, 2.75) is 12.8 Å². The number of aryl methyl sites for hydroxylation is 2. The number of benzene rings is 2. The van der Waals surface area contributed by atoms with E-state index in [0.717, 1.165) is 24.0 Å². The minimum absolute atomic E-state index is 0.191. The summed E-state index contributed by atoms with van der Waals surface area (Å²) >= 11 is 0. The summed E-state index contributed by atoms with van der Waals surface area (Å²) in [6, 6.07) is 12.2. The number of phenols is 2. The van der Waals surface area contributed by atoms with Gasteiger partial charge in [-0.2, -0.15) is 0 Å². The second-order valence-corrected chi connectivity index (χ2v) is 4.05. The van der Waals surface area contributed by atoms with E-state index in [-0.39, 0.29) is 11.5 Å². The molecular formula is C14H15NO2. The lowest BCUT2D eigenvalue weighted by molar-refractivity contribution is 0.474. The highest BCUT2D eigenvalue weighted by atomic mass is 16.3. The zero-order valence-corrected chi connectivity index (χ0v) is 9.43. The van der Waals surface area contributed by atoms with E-state index in [1.54, 1.807) is 24.3 Å². The number of hydrogen-bond donors (Lipinski definition) is 3. The first-order chi connectivity index (χ1) is 8.15. The van der Waals surface area contributed by atoms with Crippen LogP contribution < -0.4 is 5.73 Å². The molecule has 0 unspecified atom stereocenters. The van der Waals surface area contributed by atoms with Crippen LogP contribution in [0.1, 0.15) is 11.1 Å². The third-order valence-corrected chi connectivity index (χ3v) is 2.75. The van der Waals surface area contributed by atoms with Gasteiger partial charge in [-0.05, 0) is 42.2 Å². The fourth-order valence-electron chi connectivity index (χ4n) is 1.75. The molecule has 4 N–H and O–H groups in total. The molecule has 0 radical (unpaired) electrons. The van der Waals surface area contributed by atoms with Gasteiger partial charge in [0.1, 0.15) is 11.5 Å². The molecule has 0 spiro atoms. The second-order valence-electron chi connectivity index (χ2n) is 4.05. The molecular weight excluding hydrogens is 214 g/mol. The van der Waals surface area contributed by atoms with Gasteiger partial charge in [0.05, 0.1) is 0 Å². The minimum atomic E-state index is 0.191. The first kappa shape index (κ1) is 11.3. The monoisotopic (exact) mass is 229 g/mol. The van der Waals surface area contributed by atoms with Crippen LogP contribution in [-0.2, 0) is 12.8 Å². The van der Waals surface area contributed by atoms with E-state index in [1.165, 1.54) is 0 Å². The molecule has 17 heavy (non-hydrogen) atoms. The van der Waals surface area contributed by atoms with Crippen LogP contribution in [-0.4, -0.2) is 10.2 Å². The number of hydrogen-bond acceptors (Lipinski definition) is 3. The molecule has 0 aliphatic rings. The van der Waals surface area contributed by atoms with Gasteiger partial charge in [-0.15, -0.1) is 0 Å². The van der Waals surface area contributed by atoms with E-state index in [0.29, 0.717) is 5.69 Å². The van der Waals surface area contributed by atoms with Gasteiger partial charge in [0.15, 0.2) is 0 Å². The van der Waals surface area contributed by atoms with Gasteiger partial charge in [-0.3, -0.25) is 0 Å². The summed E-state index contributed by atoms with van der Waals surface area (Å²) in [4.78, 5) is 0. The van der Waals surface area contributed by atoms with Gasteiger partial charge in [0.25, 0.3) is 0 Å².